The third-order valence-electron chi connectivity index (χ3n) is 5.15. The predicted molar refractivity (Wildman–Crippen MR) is 106 cm³/mol. The van der Waals surface area contributed by atoms with Crippen molar-refractivity contribution in [3.63, 3.8) is 0 Å². The second-order valence-corrected chi connectivity index (χ2v) is 6.74. The number of allylic oxidation sites excluding steroid dienone is 3. The molecule has 0 saturated heterocycles. The quantitative estimate of drug-likeness (QED) is 0.719. The van der Waals surface area contributed by atoms with Crippen molar-refractivity contribution in [2.24, 2.45) is 0 Å². The van der Waals surface area contributed by atoms with E-state index in [1.807, 2.05) is 24.5 Å². The molecule has 2 aliphatic heterocycles. The lowest BCUT2D eigenvalue weighted by Crippen LogP contribution is -2.36. The highest BCUT2D eigenvalue weighted by Gasteiger charge is 2.20. The average Bonchev–Trinajstić information content (AvgIpc) is 2.70. The fourth-order valence-electron chi connectivity index (χ4n) is 3.74. The van der Waals surface area contributed by atoms with Crippen molar-refractivity contribution in [3.05, 3.63) is 88.2 Å². The van der Waals surface area contributed by atoms with Gasteiger partial charge in [0.25, 0.3) is 0 Å². The van der Waals surface area contributed by atoms with Gasteiger partial charge in [0.1, 0.15) is 0 Å². The minimum absolute atomic E-state index is 0.919. The van der Waals surface area contributed by atoms with Crippen LogP contribution in [-0.4, -0.2) is 21.4 Å². The highest BCUT2D eigenvalue weighted by atomic mass is 15.1. The number of nitrogens with zero attached hydrogens (tertiary/aromatic N) is 3. The minimum atomic E-state index is 0.919. The highest BCUT2D eigenvalue weighted by Crippen LogP contribution is 2.31. The van der Waals surface area contributed by atoms with Crippen LogP contribution in [0.25, 0.3) is 28.9 Å². The second kappa shape index (κ2) is 5.95. The monoisotopic (exact) mass is 337 g/mol. The molecule has 3 nitrogen and oxygen atoms in total. The van der Waals surface area contributed by atoms with Gasteiger partial charge in [-0.2, -0.15) is 0 Å². The molecule has 0 aliphatic carbocycles. The van der Waals surface area contributed by atoms with Crippen LogP contribution in [0, 0.1) is 0 Å². The molecule has 126 valence electrons. The van der Waals surface area contributed by atoms with Gasteiger partial charge in [-0.05, 0) is 58.4 Å². The summed E-state index contributed by atoms with van der Waals surface area (Å²) in [6.07, 6.45) is 11.6. The molecule has 2 aliphatic rings. The number of hydrogen-bond donors (Lipinski definition) is 0. The zero-order valence-corrected chi connectivity index (χ0v) is 14.7. The molecule has 0 fully saturated rings. The molecule has 1 aromatic carbocycles. The fourth-order valence-corrected chi connectivity index (χ4v) is 3.74. The number of rotatable bonds is 2. The molecule has 4 heterocycles. The van der Waals surface area contributed by atoms with Gasteiger partial charge < -0.3 is 4.90 Å². The number of aromatic nitrogens is 2. The molecule has 0 spiro atoms. The van der Waals surface area contributed by atoms with E-state index in [0.717, 1.165) is 29.6 Å². The number of pyridine rings is 2. The van der Waals surface area contributed by atoms with Gasteiger partial charge in [0.2, 0.25) is 0 Å². The first-order valence-electron chi connectivity index (χ1n) is 9.02. The van der Waals surface area contributed by atoms with Gasteiger partial charge in [-0.25, -0.2) is 0 Å². The van der Waals surface area contributed by atoms with E-state index in [1.54, 1.807) is 0 Å². The van der Waals surface area contributed by atoms with Crippen LogP contribution in [0.3, 0.4) is 0 Å². The van der Waals surface area contributed by atoms with Crippen LogP contribution in [0.1, 0.15) is 18.9 Å². The molecule has 3 heteroatoms. The molecule has 0 bridgehead atoms. The SMILES string of the molecule is CCC1=C(c2cnc3cccnc3c2)C=C2C=c3ccccc3=CN2C1. The molecule has 0 atom stereocenters. The Balaban J connectivity index is 1.67. The van der Waals surface area contributed by atoms with Crippen LogP contribution in [0.2, 0.25) is 0 Å². The molecule has 26 heavy (non-hydrogen) atoms. The second-order valence-electron chi connectivity index (χ2n) is 6.74. The summed E-state index contributed by atoms with van der Waals surface area (Å²) >= 11 is 0. The molecular weight excluding hydrogens is 318 g/mol. The number of fused-ring (bicyclic) bond motifs is 3. The molecule has 2 aromatic heterocycles. The van der Waals surface area contributed by atoms with Crippen molar-refractivity contribution in [2.45, 2.75) is 13.3 Å². The average molecular weight is 337 g/mol. The minimum Gasteiger partial charge on any atom is -0.343 e. The molecule has 0 saturated carbocycles. The van der Waals surface area contributed by atoms with E-state index >= 15 is 0 Å². The third kappa shape index (κ3) is 2.44. The maximum atomic E-state index is 4.61. The van der Waals surface area contributed by atoms with Crippen LogP contribution >= 0.6 is 0 Å². The molecule has 0 N–H and O–H groups in total. The zero-order chi connectivity index (χ0) is 17.5. The molecule has 0 unspecified atom stereocenters. The summed E-state index contributed by atoms with van der Waals surface area (Å²) in [5, 5.41) is 2.55. The molecule has 3 aromatic rings. The summed E-state index contributed by atoms with van der Waals surface area (Å²) in [5.74, 6) is 0. The lowest BCUT2D eigenvalue weighted by Gasteiger charge is -2.31. The van der Waals surface area contributed by atoms with E-state index in [0.29, 0.717) is 0 Å². The lowest BCUT2D eigenvalue weighted by molar-refractivity contribution is 0.554. The Labute approximate surface area is 152 Å². The van der Waals surface area contributed by atoms with Crippen molar-refractivity contribution in [3.8, 4) is 0 Å². The summed E-state index contributed by atoms with van der Waals surface area (Å²) in [6, 6.07) is 14.6. The summed E-state index contributed by atoms with van der Waals surface area (Å²) in [4.78, 5) is 11.4. The highest BCUT2D eigenvalue weighted by molar-refractivity contribution is 5.86. The van der Waals surface area contributed by atoms with Gasteiger partial charge in [0.15, 0.2) is 0 Å². The predicted octanol–water partition coefficient (Wildman–Crippen LogP) is 3.23. The molecule has 5 rings (SSSR count). The molecular formula is C23H19N3. The largest absolute Gasteiger partial charge is 0.343 e. The first-order valence-corrected chi connectivity index (χ1v) is 9.02. The number of hydrogen-bond acceptors (Lipinski definition) is 3. The summed E-state index contributed by atoms with van der Waals surface area (Å²) < 4.78 is 0. The van der Waals surface area contributed by atoms with Crippen LogP contribution in [-0.2, 0) is 0 Å². The Morgan fingerprint density at radius 3 is 2.73 bits per heavy atom. The van der Waals surface area contributed by atoms with Gasteiger partial charge in [-0.3, -0.25) is 9.97 Å². The Hall–Kier alpha value is -3.20. The lowest BCUT2D eigenvalue weighted by atomic mass is 9.93. The van der Waals surface area contributed by atoms with Gasteiger partial charge in [-0.1, -0.05) is 31.2 Å². The van der Waals surface area contributed by atoms with Crippen molar-refractivity contribution < 1.29 is 0 Å². The summed E-state index contributed by atoms with van der Waals surface area (Å²) in [6.45, 7) is 3.14. The fraction of sp³-hybridized carbons (Fsp3) is 0.130. The van der Waals surface area contributed by atoms with E-state index in [4.69, 9.17) is 0 Å². The third-order valence-corrected chi connectivity index (χ3v) is 5.15. The Morgan fingerprint density at radius 2 is 1.85 bits per heavy atom. The normalized spacial score (nSPS) is 15.7. The standard InChI is InChI=1S/C23H19N3/c1-2-16-14-26-15-18-7-4-3-6-17(18)10-20(26)12-21(16)19-11-23-22(25-13-19)8-5-9-24-23/h3-13,15H,2,14H2,1H3. The first-order chi connectivity index (χ1) is 12.8. The van der Waals surface area contributed by atoms with E-state index in [1.165, 1.54) is 27.3 Å². The van der Waals surface area contributed by atoms with Crippen molar-refractivity contribution in [1.82, 2.24) is 14.9 Å². The van der Waals surface area contributed by atoms with Crippen molar-refractivity contribution in [1.29, 1.82) is 0 Å². The van der Waals surface area contributed by atoms with E-state index < -0.39 is 0 Å². The van der Waals surface area contributed by atoms with Crippen LogP contribution in [0.5, 0.6) is 0 Å². The topological polar surface area (TPSA) is 29.0 Å². The van der Waals surface area contributed by atoms with Gasteiger partial charge in [0.05, 0.1) is 11.0 Å². The Bertz CT molecular complexity index is 1200. The molecule has 0 radical (unpaired) electrons. The van der Waals surface area contributed by atoms with Gasteiger partial charge >= 0.3 is 0 Å². The maximum Gasteiger partial charge on any atom is 0.0892 e. The maximum absolute atomic E-state index is 4.61. The summed E-state index contributed by atoms with van der Waals surface area (Å²) in [7, 11) is 0. The van der Waals surface area contributed by atoms with Crippen LogP contribution in [0.4, 0.5) is 0 Å². The van der Waals surface area contributed by atoms with E-state index in [-0.39, 0.29) is 0 Å². The Morgan fingerprint density at radius 1 is 0.962 bits per heavy atom. The van der Waals surface area contributed by atoms with Crippen molar-refractivity contribution in [2.75, 3.05) is 6.54 Å². The van der Waals surface area contributed by atoms with Gasteiger partial charge in [0, 0.05) is 36.4 Å². The van der Waals surface area contributed by atoms with E-state index in [2.05, 4.69) is 70.5 Å². The van der Waals surface area contributed by atoms with Gasteiger partial charge in [-0.15, -0.1) is 0 Å². The van der Waals surface area contributed by atoms with E-state index in [9.17, 15) is 0 Å². The summed E-state index contributed by atoms with van der Waals surface area (Å²) in [5.41, 5.74) is 6.96. The number of benzene rings is 1. The van der Waals surface area contributed by atoms with Crippen LogP contribution < -0.4 is 10.4 Å². The zero-order valence-electron chi connectivity index (χ0n) is 14.7. The van der Waals surface area contributed by atoms with Crippen LogP contribution in [0.15, 0.2) is 72.2 Å². The smallest absolute Gasteiger partial charge is 0.0892 e. The molecule has 0 amide bonds. The van der Waals surface area contributed by atoms with Crippen molar-refractivity contribution >= 4 is 28.9 Å². The first kappa shape index (κ1) is 15.1. The Kier molecular flexibility index (Phi) is 3.45.